The van der Waals surface area contributed by atoms with Crippen LogP contribution in [0.15, 0.2) is 59.6 Å². The first-order chi connectivity index (χ1) is 17.0. The fourth-order valence-corrected chi connectivity index (χ4v) is 4.92. The lowest BCUT2D eigenvalue weighted by atomic mass is 10.1. The summed E-state index contributed by atoms with van der Waals surface area (Å²) in [6.07, 6.45) is 3.41. The van der Waals surface area contributed by atoms with E-state index >= 15 is 0 Å². The Morgan fingerprint density at radius 3 is 2.26 bits per heavy atom. The molecular formula is C25H27N5O4S. The Hall–Kier alpha value is -3.66. The number of hydrogen-bond donors (Lipinski definition) is 3. The Morgan fingerprint density at radius 2 is 1.54 bits per heavy atom. The molecule has 182 valence electrons. The van der Waals surface area contributed by atoms with Gasteiger partial charge in [-0.2, -0.15) is 4.99 Å². The number of rotatable bonds is 7. The number of anilines is 2. The van der Waals surface area contributed by atoms with Crippen LogP contribution in [0.2, 0.25) is 0 Å². The highest BCUT2D eigenvalue weighted by Gasteiger charge is 2.33. The number of carbonyl (C=O) groups is 4. The highest BCUT2D eigenvalue weighted by Crippen LogP contribution is 2.29. The molecule has 1 fully saturated rings. The van der Waals surface area contributed by atoms with E-state index in [-0.39, 0.29) is 30.7 Å². The third-order valence-corrected chi connectivity index (χ3v) is 6.84. The highest BCUT2D eigenvalue weighted by molar-refractivity contribution is 8.15. The van der Waals surface area contributed by atoms with E-state index in [2.05, 4.69) is 25.8 Å². The second-order valence-electron chi connectivity index (χ2n) is 8.31. The van der Waals surface area contributed by atoms with Crippen LogP contribution in [0.3, 0.4) is 0 Å². The Labute approximate surface area is 207 Å². The van der Waals surface area contributed by atoms with Gasteiger partial charge in [-0.15, -0.1) is 0 Å². The van der Waals surface area contributed by atoms with Crippen molar-refractivity contribution in [2.24, 2.45) is 4.99 Å². The Bertz CT molecular complexity index is 1110. The number of hydrogen-bond acceptors (Lipinski definition) is 6. The van der Waals surface area contributed by atoms with E-state index in [9.17, 15) is 19.2 Å². The standard InChI is InChI=1S/C25H27N5O4S/c31-21(15-20-24(34)29-25(35-20)30-13-5-2-6-14-30)27-19-11-9-17(10-12-19)23(33)26-16-22(32)28-18-7-3-1-4-8-18/h1,3-4,7-12,20H,2,5-6,13-16H2,(H,26,33)(H,27,31)(H,28,32). The second kappa shape index (κ2) is 11.7. The van der Waals surface area contributed by atoms with Crippen LogP contribution in [0.4, 0.5) is 11.4 Å². The Kier molecular flexibility index (Phi) is 8.15. The largest absolute Gasteiger partial charge is 0.351 e. The summed E-state index contributed by atoms with van der Waals surface area (Å²) in [7, 11) is 0. The van der Waals surface area contributed by atoms with Crippen LogP contribution in [0, 0.1) is 0 Å². The molecule has 0 bridgehead atoms. The zero-order valence-corrected chi connectivity index (χ0v) is 20.0. The summed E-state index contributed by atoms with van der Waals surface area (Å²) in [5.41, 5.74) is 1.52. The summed E-state index contributed by atoms with van der Waals surface area (Å²) < 4.78 is 0. The van der Waals surface area contributed by atoms with E-state index < -0.39 is 11.2 Å². The summed E-state index contributed by atoms with van der Waals surface area (Å²) in [5.74, 6) is -1.30. The number of benzene rings is 2. The van der Waals surface area contributed by atoms with Crippen molar-refractivity contribution in [3.8, 4) is 0 Å². The molecule has 4 amide bonds. The first-order valence-electron chi connectivity index (χ1n) is 11.5. The summed E-state index contributed by atoms with van der Waals surface area (Å²) in [6, 6.07) is 15.3. The minimum atomic E-state index is -0.515. The minimum absolute atomic E-state index is 0.0309. The smallest absolute Gasteiger partial charge is 0.262 e. The number of nitrogens with one attached hydrogen (secondary N) is 3. The lowest BCUT2D eigenvalue weighted by Gasteiger charge is -2.27. The molecule has 2 heterocycles. The highest BCUT2D eigenvalue weighted by atomic mass is 32.2. The van der Waals surface area contributed by atoms with Gasteiger partial charge in [-0.05, 0) is 55.7 Å². The van der Waals surface area contributed by atoms with Gasteiger partial charge in [0.25, 0.3) is 11.8 Å². The van der Waals surface area contributed by atoms with Gasteiger partial charge in [-0.1, -0.05) is 30.0 Å². The van der Waals surface area contributed by atoms with Gasteiger partial charge < -0.3 is 20.9 Å². The predicted molar refractivity (Wildman–Crippen MR) is 136 cm³/mol. The van der Waals surface area contributed by atoms with Gasteiger partial charge in [0.2, 0.25) is 11.8 Å². The molecule has 0 spiro atoms. The quantitative estimate of drug-likeness (QED) is 0.546. The lowest BCUT2D eigenvalue weighted by molar-refractivity contribution is -0.121. The molecule has 0 saturated carbocycles. The van der Waals surface area contributed by atoms with E-state index in [0.29, 0.717) is 16.9 Å². The third-order valence-electron chi connectivity index (χ3n) is 5.62. The molecule has 10 heteroatoms. The van der Waals surface area contributed by atoms with E-state index in [0.717, 1.165) is 31.1 Å². The number of para-hydroxylation sites is 1. The Morgan fingerprint density at radius 1 is 0.886 bits per heavy atom. The Balaban J connectivity index is 1.21. The van der Waals surface area contributed by atoms with E-state index in [4.69, 9.17) is 0 Å². The molecule has 0 radical (unpaired) electrons. The summed E-state index contributed by atoms with van der Waals surface area (Å²) in [6.45, 7) is 1.63. The van der Waals surface area contributed by atoms with Gasteiger partial charge >= 0.3 is 0 Å². The molecule has 1 atom stereocenters. The van der Waals surface area contributed by atoms with Crippen LogP contribution in [-0.4, -0.2) is 58.6 Å². The van der Waals surface area contributed by atoms with Gasteiger partial charge in [-0.3, -0.25) is 19.2 Å². The predicted octanol–water partition coefficient (Wildman–Crippen LogP) is 2.87. The maximum atomic E-state index is 12.5. The normalized spacial score (nSPS) is 17.5. The van der Waals surface area contributed by atoms with Crippen molar-refractivity contribution < 1.29 is 19.2 Å². The zero-order valence-electron chi connectivity index (χ0n) is 19.2. The zero-order chi connectivity index (χ0) is 24.6. The van der Waals surface area contributed by atoms with Gasteiger partial charge in [0.15, 0.2) is 5.17 Å². The van der Waals surface area contributed by atoms with Crippen molar-refractivity contribution in [2.45, 2.75) is 30.9 Å². The second-order valence-corrected chi connectivity index (χ2v) is 9.48. The maximum absolute atomic E-state index is 12.5. The number of piperidine rings is 1. The SMILES string of the molecule is O=C(CNC(=O)c1ccc(NC(=O)CC2SC(N3CCCCC3)=NC2=O)cc1)Nc1ccccc1. The van der Waals surface area contributed by atoms with Crippen molar-refractivity contribution >= 4 is 51.9 Å². The van der Waals surface area contributed by atoms with Crippen LogP contribution in [-0.2, 0) is 14.4 Å². The number of carbonyl (C=O) groups excluding carboxylic acids is 4. The van der Waals surface area contributed by atoms with E-state index in [1.54, 1.807) is 48.5 Å². The van der Waals surface area contributed by atoms with Crippen molar-refractivity contribution in [3.05, 3.63) is 60.2 Å². The molecule has 0 aliphatic carbocycles. The van der Waals surface area contributed by atoms with Crippen LogP contribution in [0.5, 0.6) is 0 Å². The van der Waals surface area contributed by atoms with Crippen molar-refractivity contribution in [2.75, 3.05) is 30.3 Å². The van der Waals surface area contributed by atoms with Crippen molar-refractivity contribution in [1.82, 2.24) is 10.2 Å². The van der Waals surface area contributed by atoms with Crippen LogP contribution >= 0.6 is 11.8 Å². The molecule has 4 rings (SSSR count). The van der Waals surface area contributed by atoms with Crippen molar-refractivity contribution in [1.29, 1.82) is 0 Å². The van der Waals surface area contributed by atoms with Crippen molar-refractivity contribution in [3.63, 3.8) is 0 Å². The maximum Gasteiger partial charge on any atom is 0.262 e. The molecule has 2 aliphatic rings. The van der Waals surface area contributed by atoms with Crippen LogP contribution in [0.25, 0.3) is 0 Å². The first-order valence-corrected chi connectivity index (χ1v) is 12.4. The van der Waals surface area contributed by atoms with E-state index in [1.165, 1.54) is 18.2 Å². The number of aliphatic imine (C=N–C) groups is 1. The van der Waals surface area contributed by atoms with Gasteiger partial charge in [0, 0.05) is 36.4 Å². The number of nitrogens with zero attached hydrogens (tertiary/aromatic N) is 2. The fraction of sp³-hybridized carbons (Fsp3) is 0.320. The minimum Gasteiger partial charge on any atom is -0.351 e. The molecular weight excluding hydrogens is 466 g/mol. The molecule has 9 nitrogen and oxygen atoms in total. The monoisotopic (exact) mass is 493 g/mol. The summed E-state index contributed by atoms with van der Waals surface area (Å²) in [5, 5.41) is 8.23. The number of amidine groups is 1. The van der Waals surface area contributed by atoms with Crippen LogP contribution < -0.4 is 16.0 Å². The summed E-state index contributed by atoms with van der Waals surface area (Å²) >= 11 is 1.36. The molecule has 3 N–H and O–H groups in total. The topological polar surface area (TPSA) is 120 Å². The molecule has 35 heavy (non-hydrogen) atoms. The lowest BCUT2D eigenvalue weighted by Crippen LogP contribution is -2.33. The molecule has 2 aromatic rings. The van der Waals surface area contributed by atoms with Crippen LogP contribution in [0.1, 0.15) is 36.0 Å². The van der Waals surface area contributed by atoms with E-state index in [1.807, 2.05) is 6.07 Å². The summed E-state index contributed by atoms with van der Waals surface area (Å²) in [4.78, 5) is 55.3. The van der Waals surface area contributed by atoms with Gasteiger partial charge in [0.05, 0.1) is 6.54 Å². The number of thioether (sulfide) groups is 1. The molecule has 0 aromatic heterocycles. The molecule has 1 unspecified atom stereocenters. The third kappa shape index (κ3) is 6.92. The van der Waals surface area contributed by atoms with Gasteiger partial charge in [0.1, 0.15) is 5.25 Å². The average Bonchev–Trinajstić information content (AvgIpc) is 3.24. The fourth-order valence-electron chi connectivity index (χ4n) is 3.80. The number of likely N-dealkylation sites (tertiary alicyclic amines) is 1. The average molecular weight is 494 g/mol. The molecule has 2 aliphatic heterocycles. The van der Waals surface area contributed by atoms with Gasteiger partial charge in [-0.25, -0.2) is 0 Å². The number of amides is 4. The molecule has 1 saturated heterocycles. The first kappa shape index (κ1) is 24.5. The molecule has 2 aromatic carbocycles.